The summed E-state index contributed by atoms with van der Waals surface area (Å²) in [6.07, 6.45) is 1.09. The summed E-state index contributed by atoms with van der Waals surface area (Å²) in [5.74, 6) is -3.11. The molecule has 1 saturated heterocycles. The van der Waals surface area contributed by atoms with E-state index in [-0.39, 0.29) is 18.0 Å². The van der Waals surface area contributed by atoms with Gasteiger partial charge < -0.3 is 5.32 Å². The van der Waals surface area contributed by atoms with Crippen LogP contribution in [0.1, 0.15) is 24.0 Å². The zero-order chi connectivity index (χ0) is 20.3. The van der Waals surface area contributed by atoms with Gasteiger partial charge in [-0.1, -0.05) is 24.3 Å². The largest absolute Gasteiger partial charge is 0.326 e. The van der Waals surface area contributed by atoms with E-state index < -0.39 is 33.5 Å². The Bertz CT molecular complexity index is 979. The maximum Gasteiger partial charge on any atom is 0.228 e. The molecule has 1 N–H and O–H groups in total. The molecule has 0 aromatic heterocycles. The number of carbonyl (C=O) groups is 1. The predicted octanol–water partition coefficient (Wildman–Crippen LogP) is 3.45. The summed E-state index contributed by atoms with van der Waals surface area (Å²) >= 11 is 0. The molecule has 0 spiro atoms. The summed E-state index contributed by atoms with van der Waals surface area (Å²) in [4.78, 5) is 12.5. The highest BCUT2D eigenvalue weighted by Gasteiger charge is 2.32. The molecule has 0 aliphatic carbocycles. The second-order valence-electron chi connectivity index (χ2n) is 7.00. The quantitative estimate of drug-likeness (QED) is 0.824. The van der Waals surface area contributed by atoms with Crippen molar-refractivity contribution in [3.63, 3.8) is 0 Å². The van der Waals surface area contributed by atoms with Crippen LogP contribution in [0.5, 0.6) is 0 Å². The monoisotopic (exact) mass is 408 g/mol. The lowest BCUT2D eigenvalue weighted by Gasteiger charge is -2.31. The van der Waals surface area contributed by atoms with Crippen molar-refractivity contribution in [3.8, 4) is 0 Å². The Balaban J connectivity index is 1.68. The molecule has 1 aliphatic heterocycles. The van der Waals surface area contributed by atoms with Gasteiger partial charge in [-0.15, -0.1) is 0 Å². The smallest absolute Gasteiger partial charge is 0.228 e. The Hall–Kier alpha value is -2.32. The van der Waals surface area contributed by atoms with Crippen molar-refractivity contribution in [3.05, 3.63) is 65.2 Å². The van der Waals surface area contributed by atoms with Crippen LogP contribution in [0.2, 0.25) is 0 Å². The van der Waals surface area contributed by atoms with E-state index in [1.807, 2.05) is 19.1 Å². The van der Waals surface area contributed by atoms with Gasteiger partial charge >= 0.3 is 0 Å². The molecular weight excluding hydrogens is 386 g/mol. The number of hydrogen-bond acceptors (Lipinski definition) is 3. The Labute approximate surface area is 163 Å². The molecule has 1 heterocycles. The van der Waals surface area contributed by atoms with E-state index in [4.69, 9.17) is 0 Å². The van der Waals surface area contributed by atoms with Gasteiger partial charge in [-0.25, -0.2) is 21.5 Å². The zero-order valence-electron chi connectivity index (χ0n) is 15.5. The fraction of sp³-hybridized carbons (Fsp3) is 0.350. The lowest BCUT2D eigenvalue weighted by molar-refractivity contribution is -0.120. The number of anilines is 1. The summed E-state index contributed by atoms with van der Waals surface area (Å²) in [6, 6.07) is 10.4. The van der Waals surface area contributed by atoms with Gasteiger partial charge in [-0.2, -0.15) is 0 Å². The standard InChI is InChI=1S/C20H22F2N2O3S/c1-14-5-2-3-6-16(14)13-28(26,27)24-10-4-7-15(12-24)20(25)23-17-8-9-18(21)19(22)11-17/h2-3,5-6,8-9,11,15H,4,7,10,12-13H2,1H3,(H,23,25)/t15-/m1/s1. The van der Waals surface area contributed by atoms with Crippen LogP contribution in [0.25, 0.3) is 0 Å². The number of carbonyl (C=O) groups excluding carboxylic acids is 1. The topological polar surface area (TPSA) is 66.5 Å². The van der Waals surface area contributed by atoms with Crippen LogP contribution in [0.3, 0.4) is 0 Å². The van der Waals surface area contributed by atoms with Gasteiger partial charge in [0.2, 0.25) is 15.9 Å². The number of nitrogens with one attached hydrogen (secondary N) is 1. The van der Waals surface area contributed by atoms with Crippen molar-refractivity contribution in [2.24, 2.45) is 5.92 Å². The second-order valence-corrected chi connectivity index (χ2v) is 8.97. The zero-order valence-corrected chi connectivity index (χ0v) is 16.3. The molecule has 2 aromatic carbocycles. The first-order chi connectivity index (χ1) is 13.3. The molecule has 28 heavy (non-hydrogen) atoms. The van der Waals surface area contributed by atoms with E-state index in [2.05, 4.69) is 5.32 Å². The molecule has 0 bridgehead atoms. The highest BCUT2D eigenvalue weighted by Crippen LogP contribution is 2.24. The number of rotatable bonds is 5. The lowest BCUT2D eigenvalue weighted by atomic mass is 9.98. The third-order valence-corrected chi connectivity index (χ3v) is 6.73. The first-order valence-electron chi connectivity index (χ1n) is 9.04. The number of aryl methyl sites for hydroxylation is 1. The number of halogens is 2. The molecule has 1 aliphatic rings. The van der Waals surface area contributed by atoms with Gasteiger partial charge in [0.05, 0.1) is 11.7 Å². The minimum atomic E-state index is -3.57. The molecule has 150 valence electrons. The molecule has 5 nitrogen and oxygen atoms in total. The third-order valence-electron chi connectivity index (χ3n) is 4.93. The van der Waals surface area contributed by atoms with Crippen molar-refractivity contribution < 1.29 is 22.0 Å². The Morgan fingerprint density at radius 3 is 2.64 bits per heavy atom. The number of amides is 1. The normalized spacial score (nSPS) is 18.0. The number of nitrogens with zero attached hydrogens (tertiary/aromatic N) is 1. The molecule has 8 heteroatoms. The average molecular weight is 408 g/mol. The van der Waals surface area contributed by atoms with Crippen molar-refractivity contribution in [2.75, 3.05) is 18.4 Å². The molecule has 2 aromatic rings. The van der Waals surface area contributed by atoms with Crippen LogP contribution in [-0.2, 0) is 20.6 Å². The minimum Gasteiger partial charge on any atom is -0.326 e. The first kappa shape index (κ1) is 20.4. The fourth-order valence-corrected chi connectivity index (χ4v) is 5.00. The maximum absolute atomic E-state index is 13.3. The van der Waals surface area contributed by atoms with Crippen LogP contribution in [0.15, 0.2) is 42.5 Å². The van der Waals surface area contributed by atoms with E-state index in [9.17, 15) is 22.0 Å². The summed E-state index contributed by atoms with van der Waals surface area (Å²) in [5, 5.41) is 2.54. The van der Waals surface area contributed by atoms with Crippen molar-refractivity contribution in [2.45, 2.75) is 25.5 Å². The van der Waals surface area contributed by atoms with E-state index in [0.29, 0.717) is 19.4 Å². The number of piperidine rings is 1. The molecule has 1 fully saturated rings. The first-order valence-corrected chi connectivity index (χ1v) is 10.7. The summed E-state index contributed by atoms with van der Waals surface area (Å²) in [6.45, 7) is 2.30. The van der Waals surface area contributed by atoms with E-state index in [0.717, 1.165) is 23.3 Å². The van der Waals surface area contributed by atoms with Gasteiger partial charge in [-0.05, 0) is 43.0 Å². The van der Waals surface area contributed by atoms with Gasteiger partial charge in [0.15, 0.2) is 11.6 Å². The molecule has 1 amide bonds. The van der Waals surface area contributed by atoms with Gasteiger partial charge in [0.1, 0.15) is 0 Å². The number of sulfonamides is 1. The number of benzene rings is 2. The highest BCUT2D eigenvalue weighted by atomic mass is 32.2. The van der Waals surface area contributed by atoms with Crippen molar-refractivity contribution in [1.82, 2.24) is 4.31 Å². The van der Waals surface area contributed by atoms with E-state index >= 15 is 0 Å². The fourth-order valence-electron chi connectivity index (χ4n) is 3.29. The summed E-state index contributed by atoms with van der Waals surface area (Å²) in [5.41, 5.74) is 1.77. The highest BCUT2D eigenvalue weighted by molar-refractivity contribution is 7.88. The third kappa shape index (κ3) is 4.74. The van der Waals surface area contributed by atoms with Gasteiger partial charge in [0, 0.05) is 24.8 Å². The van der Waals surface area contributed by atoms with Crippen molar-refractivity contribution >= 4 is 21.6 Å². The summed E-state index contributed by atoms with van der Waals surface area (Å²) < 4.78 is 53.3. The minimum absolute atomic E-state index is 0.0731. The van der Waals surface area contributed by atoms with Crippen LogP contribution in [-0.4, -0.2) is 31.7 Å². The molecule has 0 radical (unpaired) electrons. The van der Waals surface area contributed by atoms with Gasteiger partial charge in [0.25, 0.3) is 0 Å². The molecule has 3 rings (SSSR count). The van der Waals surface area contributed by atoms with Gasteiger partial charge in [-0.3, -0.25) is 4.79 Å². The Morgan fingerprint density at radius 1 is 1.18 bits per heavy atom. The average Bonchev–Trinajstić information content (AvgIpc) is 2.66. The van der Waals surface area contributed by atoms with Crippen LogP contribution >= 0.6 is 0 Å². The predicted molar refractivity (Wildman–Crippen MR) is 103 cm³/mol. The maximum atomic E-state index is 13.3. The Morgan fingerprint density at radius 2 is 1.93 bits per heavy atom. The summed E-state index contributed by atoms with van der Waals surface area (Å²) in [7, 11) is -3.57. The van der Waals surface area contributed by atoms with E-state index in [1.165, 1.54) is 10.4 Å². The SMILES string of the molecule is Cc1ccccc1CS(=O)(=O)N1CCC[C@@H](C(=O)Nc2ccc(F)c(F)c2)C1. The molecule has 0 saturated carbocycles. The molecule has 1 atom stereocenters. The number of hydrogen-bond donors (Lipinski definition) is 1. The van der Waals surface area contributed by atoms with Crippen LogP contribution < -0.4 is 5.32 Å². The molecular formula is C20H22F2N2O3S. The van der Waals surface area contributed by atoms with Crippen LogP contribution in [0, 0.1) is 24.5 Å². The Kier molecular flexibility index (Phi) is 6.10. The molecule has 0 unspecified atom stereocenters. The van der Waals surface area contributed by atoms with E-state index in [1.54, 1.807) is 12.1 Å². The van der Waals surface area contributed by atoms with Crippen LogP contribution in [0.4, 0.5) is 14.5 Å². The van der Waals surface area contributed by atoms with Crippen molar-refractivity contribution in [1.29, 1.82) is 0 Å². The second kappa shape index (κ2) is 8.36. The lowest BCUT2D eigenvalue weighted by Crippen LogP contribution is -2.44.